The van der Waals surface area contributed by atoms with Crippen LogP contribution in [0, 0.1) is 0 Å². The number of nitrogens with one attached hydrogen (secondary N) is 3. The Kier molecular flexibility index (Phi) is 21.2. The summed E-state index contributed by atoms with van der Waals surface area (Å²) in [5.74, 6) is 0. The van der Waals surface area contributed by atoms with Gasteiger partial charge in [0.15, 0.2) is 0 Å². The summed E-state index contributed by atoms with van der Waals surface area (Å²) in [6.45, 7) is 8.59. The molecule has 0 amide bonds. The van der Waals surface area contributed by atoms with Crippen LogP contribution in [0.15, 0.2) is 0 Å². The quantitative estimate of drug-likeness (QED) is 0.198. The first-order valence-corrected chi connectivity index (χ1v) is 6.58. The molecule has 0 bridgehead atoms. The van der Waals surface area contributed by atoms with Crippen molar-refractivity contribution < 1.29 is 5.11 Å². The molecule has 0 aromatic heterocycles. The lowest BCUT2D eigenvalue weighted by molar-refractivity contribution is 0.252. The van der Waals surface area contributed by atoms with Crippen molar-refractivity contribution in [3.63, 3.8) is 0 Å². The lowest BCUT2D eigenvalue weighted by Gasteiger charge is -2.10. The molecular weight excluding hydrogens is 232 g/mol. The van der Waals surface area contributed by atoms with Gasteiger partial charge in [0.2, 0.25) is 0 Å². The largest absolute Gasteiger partial charge is 0.395 e. The monoisotopic (exact) mass is 264 g/mol. The zero-order chi connectivity index (χ0) is 14.1. The minimum atomic E-state index is 0.190. The van der Waals surface area contributed by atoms with Crippen LogP contribution >= 0.6 is 0 Å². The molecule has 1 unspecified atom stereocenters. The van der Waals surface area contributed by atoms with Gasteiger partial charge in [-0.3, -0.25) is 0 Å². The Hall–Kier alpha value is -0.280. The fourth-order valence-corrected chi connectivity index (χ4v) is 1.03. The van der Waals surface area contributed by atoms with Gasteiger partial charge in [-0.25, -0.2) is 0 Å². The lowest BCUT2D eigenvalue weighted by atomic mass is 10.3. The van der Waals surface area contributed by atoms with E-state index in [4.69, 9.17) is 22.3 Å². The van der Waals surface area contributed by atoms with E-state index < -0.39 is 0 Å². The molecule has 1 atom stereocenters. The Morgan fingerprint density at radius 1 is 0.833 bits per heavy atom. The molecule has 0 aliphatic carbocycles. The van der Waals surface area contributed by atoms with Gasteiger partial charge in [0, 0.05) is 58.4 Å². The van der Waals surface area contributed by atoms with E-state index in [1.54, 1.807) is 0 Å². The van der Waals surface area contributed by atoms with Crippen molar-refractivity contribution >= 4 is 0 Å². The molecule has 0 radical (unpaired) electrons. The van der Waals surface area contributed by atoms with Crippen LogP contribution in [0.25, 0.3) is 0 Å². The molecule has 0 aliphatic rings. The van der Waals surface area contributed by atoms with Crippen molar-refractivity contribution in [1.82, 2.24) is 16.0 Å². The van der Waals surface area contributed by atoms with Gasteiger partial charge in [-0.15, -0.1) is 0 Å². The Morgan fingerprint density at radius 3 is 1.67 bits per heavy atom. The summed E-state index contributed by atoms with van der Waals surface area (Å²) in [7, 11) is 0. The molecule has 0 spiro atoms. The predicted molar refractivity (Wildman–Crippen MR) is 77.5 cm³/mol. The van der Waals surface area contributed by atoms with Crippen molar-refractivity contribution in [3.8, 4) is 0 Å². The van der Waals surface area contributed by atoms with E-state index in [9.17, 15) is 0 Å². The van der Waals surface area contributed by atoms with Gasteiger partial charge in [-0.2, -0.15) is 0 Å². The van der Waals surface area contributed by atoms with E-state index in [1.165, 1.54) is 0 Å². The molecule has 0 fully saturated rings. The summed E-state index contributed by atoms with van der Waals surface area (Å²) in [5, 5.41) is 18.0. The Morgan fingerprint density at radius 2 is 1.28 bits per heavy atom. The van der Waals surface area contributed by atoms with E-state index in [-0.39, 0.29) is 12.6 Å². The maximum Gasteiger partial charge on any atom is 0.0581 e. The third-order valence-electron chi connectivity index (χ3n) is 2.03. The van der Waals surface area contributed by atoms with Gasteiger partial charge in [0.1, 0.15) is 0 Å². The van der Waals surface area contributed by atoms with Crippen LogP contribution in [0.4, 0.5) is 0 Å². The van der Waals surface area contributed by atoms with Crippen molar-refractivity contribution in [2.75, 3.05) is 59.0 Å². The molecule has 7 nitrogen and oxygen atoms in total. The highest BCUT2D eigenvalue weighted by Crippen LogP contribution is 1.74. The van der Waals surface area contributed by atoms with Gasteiger partial charge >= 0.3 is 0 Å². The van der Waals surface area contributed by atoms with Crippen LogP contribution in [0.1, 0.15) is 6.92 Å². The highest BCUT2D eigenvalue weighted by Gasteiger charge is 1.95. The van der Waals surface area contributed by atoms with Crippen LogP contribution in [-0.2, 0) is 0 Å². The van der Waals surface area contributed by atoms with Gasteiger partial charge in [-0.05, 0) is 6.92 Å². The van der Waals surface area contributed by atoms with Crippen molar-refractivity contribution in [1.29, 1.82) is 0 Å². The number of hydrogen-bond donors (Lipinski definition) is 7. The average molecular weight is 264 g/mol. The predicted octanol–water partition coefficient (Wildman–Crippen LogP) is -3.00. The van der Waals surface area contributed by atoms with Gasteiger partial charge in [0.25, 0.3) is 0 Å². The Balaban J connectivity index is 0. The smallest absolute Gasteiger partial charge is 0.0581 e. The van der Waals surface area contributed by atoms with E-state index >= 15 is 0 Å². The fourth-order valence-electron chi connectivity index (χ4n) is 1.03. The second-order valence-corrected chi connectivity index (χ2v) is 3.90. The minimum Gasteiger partial charge on any atom is -0.395 e. The molecule has 7 heteroatoms. The number of nitrogens with two attached hydrogens (primary N) is 3. The lowest BCUT2D eigenvalue weighted by Crippen LogP contribution is -2.36. The maximum absolute atomic E-state index is 8.63. The zero-order valence-corrected chi connectivity index (χ0v) is 11.6. The third-order valence-corrected chi connectivity index (χ3v) is 2.03. The molecule has 112 valence electrons. The maximum atomic E-state index is 8.63. The normalized spacial score (nSPS) is 11.8. The minimum absolute atomic E-state index is 0.190. The van der Waals surface area contributed by atoms with Gasteiger partial charge in [0.05, 0.1) is 6.61 Å². The molecular formula is C11H32N6O. The summed E-state index contributed by atoms with van der Waals surface area (Å²) in [6, 6.07) is 0.190. The van der Waals surface area contributed by atoms with E-state index in [2.05, 4.69) is 16.0 Å². The summed E-state index contributed by atoms with van der Waals surface area (Å²) in [6.07, 6.45) is 0. The summed E-state index contributed by atoms with van der Waals surface area (Å²) >= 11 is 0. The van der Waals surface area contributed by atoms with Crippen LogP contribution in [0.3, 0.4) is 0 Å². The second-order valence-electron chi connectivity index (χ2n) is 3.90. The zero-order valence-electron chi connectivity index (χ0n) is 11.6. The molecule has 0 aliphatic heterocycles. The molecule has 0 aromatic rings. The third kappa shape index (κ3) is 21.1. The van der Waals surface area contributed by atoms with Crippen molar-refractivity contribution in [2.24, 2.45) is 17.2 Å². The van der Waals surface area contributed by atoms with E-state index in [1.807, 2.05) is 6.92 Å². The molecule has 0 saturated carbocycles. The Labute approximate surface area is 111 Å². The first-order chi connectivity index (χ1) is 8.72. The molecule has 0 saturated heterocycles. The molecule has 0 heterocycles. The van der Waals surface area contributed by atoms with E-state index in [0.29, 0.717) is 19.6 Å². The molecule has 0 rings (SSSR count). The first-order valence-electron chi connectivity index (χ1n) is 6.58. The standard InChI is InChI=1S/C7H19N3O.C4H13N3/c1-7(6-11)10-5-4-9-3-2-8;5-1-3-7-4-2-6/h7,9-11H,2-6,8H2,1H3;7H,1-6H2. The first kappa shape index (κ1) is 20.0. The average Bonchev–Trinajstić information content (AvgIpc) is 2.39. The summed E-state index contributed by atoms with van der Waals surface area (Å²) in [4.78, 5) is 0. The highest BCUT2D eigenvalue weighted by atomic mass is 16.3. The highest BCUT2D eigenvalue weighted by molar-refractivity contribution is 4.59. The second kappa shape index (κ2) is 19.1. The van der Waals surface area contributed by atoms with E-state index in [0.717, 1.165) is 32.7 Å². The molecule has 18 heavy (non-hydrogen) atoms. The summed E-state index contributed by atoms with van der Waals surface area (Å²) in [5.41, 5.74) is 15.6. The summed E-state index contributed by atoms with van der Waals surface area (Å²) < 4.78 is 0. The molecule has 10 N–H and O–H groups in total. The van der Waals surface area contributed by atoms with Crippen LogP contribution in [-0.4, -0.2) is 70.1 Å². The van der Waals surface area contributed by atoms with Crippen LogP contribution in [0.2, 0.25) is 0 Å². The SMILES string of the molecule is CC(CO)NCCNCCN.NCCNCCN. The van der Waals surface area contributed by atoms with Crippen LogP contribution in [0.5, 0.6) is 0 Å². The fraction of sp³-hybridized carbons (Fsp3) is 1.00. The number of aliphatic hydroxyl groups is 1. The number of hydrogen-bond acceptors (Lipinski definition) is 7. The number of rotatable bonds is 11. The number of aliphatic hydroxyl groups excluding tert-OH is 1. The van der Waals surface area contributed by atoms with Crippen molar-refractivity contribution in [2.45, 2.75) is 13.0 Å². The topological polar surface area (TPSA) is 134 Å². The van der Waals surface area contributed by atoms with Crippen molar-refractivity contribution in [3.05, 3.63) is 0 Å². The Bertz CT molecular complexity index is 135. The van der Waals surface area contributed by atoms with Crippen LogP contribution < -0.4 is 33.2 Å². The molecule has 0 aromatic carbocycles. The van der Waals surface area contributed by atoms with Gasteiger partial charge < -0.3 is 38.3 Å². The van der Waals surface area contributed by atoms with Gasteiger partial charge in [-0.1, -0.05) is 0 Å².